The topological polar surface area (TPSA) is 147 Å². The van der Waals surface area contributed by atoms with E-state index in [1.807, 2.05) is 0 Å². The summed E-state index contributed by atoms with van der Waals surface area (Å²) < 4.78 is 31.4. The Morgan fingerprint density at radius 1 is 1.23 bits per heavy atom. The van der Waals surface area contributed by atoms with Crippen molar-refractivity contribution < 1.29 is 28.2 Å². The summed E-state index contributed by atoms with van der Waals surface area (Å²) in [6.07, 6.45) is 0. The first kappa shape index (κ1) is 22.7. The van der Waals surface area contributed by atoms with Gasteiger partial charge in [0, 0.05) is 12.1 Å². The molecule has 5 N–H and O–H groups in total. The maximum Gasteiger partial charge on any atom is 0.372 e. The van der Waals surface area contributed by atoms with Gasteiger partial charge in [0.25, 0.3) is 11.5 Å². The fraction of sp³-hybridized carbons (Fsp3) is 0.111. The van der Waals surface area contributed by atoms with Crippen molar-refractivity contribution in [1.82, 2.24) is 9.97 Å². The van der Waals surface area contributed by atoms with Gasteiger partial charge in [0.2, 0.25) is 11.6 Å². The smallest absolute Gasteiger partial charge is 0.372 e. The van der Waals surface area contributed by atoms with E-state index in [1.165, 1.54) is 6.07 Å². The predicted molar refractivity (Wildman–Crippen MR) is 105 cm³/mol. The molecule has 1 aliphatic rings. The standard InChI is InChI=1S/C9H8F2N2O2.C9H6N2O3.ClH/c10-7-4(2-12)1-5-9(8(7)11)15-3-6(14)13-5;12-8-5-3-1-2-4-6(5)10-7(11-8)9(13)14;/h1H,2-3,12H2,(H,13,14);1-4H,(H,13,14)(H,10,11,12);1H. The van der Waals surface area contributed by atoms with Crippen LogP contribution < -0.4 is 21.3 Å². The average Bonchev–Trinajstić information content (AvgIpc) is 2.71. The second kappa shape index (κ2) is 9.29. The van der Waals surface area contributed by atoms with Crippen molar-refractivity contribution >= 4 is 40.9 Å². The minimum atomic E-state index is -1.24. The first-order valence-corrected chi connectivity index (χ1v) is 8.17. The number of aromatic carboxylic acids is 1. The van der Waals surface area contributed by atoms with Gasteiger partial charge in [0.15, 0.2) is 18.2 Å². The summed E-state index contributed by atoms with van der Waals surface area (Å²) in [5.74, 6) is -4.41. The van der Waals surface area contributed by atoms with Crippen molar-refractivity contribution in [1.29, 1.82) is 0 Å². The van der Waals surface area contributed by atoms with E-state index in [0.717, 1.165) is 0 Å². The van der Waals surface area contributed by atoms with Crippen molar-refractivity contribution in [3.8, 4) is 5.75 Å². The molecule has 1 amide bonds. The first-order chi connectivity index (χ1) is 13.8. The minimum absolute atomic E-state index is 0. The number of carbonyl (C=O) groups is 2. The largest absolute Gasteiger partial charge is 0.478 e. The van der Waals surface area contributed by atoms with Crippen LogP contribution in [0.4, 0.5) is 14.5 Å². The van der Waals surface area contributed by atoms with E-state index in [0.29, 0.717) is 10.9 Å². The fourth-order valence-corrected chi connectivity index (χ4v) is 2.56. The number of aromatic amines is 1. The molecule has 0 saturated heterocycles. The zero-order chi connectivity index (χ0) is 21.1. The lowest BCUT2D eigenvalue weighted by Gasteiger charge is -2.19. The zero-order valence-electron chi connectivity index (χ0n) is 15.1. The molecule has 158 valence electrons. The number of nitrogens with one attached hydrogen (secondary N) is 2. The van der Waals surface area contributed by atoms with Crippen LogP contribution in [0.15, 0.2) is 35.1 Å². The Bertz CT molecular complexity index is 1190. The Morgan fingerprint density at radius 2 is 1.93 bits per heavy atom. The van der Waals surface area contributed by atoms with Crippen molar-refractivity contribution in [2.75, 3.05) is 11.9 Å². The highest BCUT2D eigenvalue weighted by Gasteiger charge is 2.24. The van der Waals surface area contributed by atoms with Crippen LogP contribution in [0.25, 0.3) is 10.9 Å². The number of carboxylic acid groups (broad SMARTS) is 1. The Balaban J connectivity index is 0.000000207. The molecular weight excluding hydrogens is 426 g/mol. The monoisotopic (exact) mass is 440 g/mol. The van der Waals surface area contributed by atoms with Gasteiger partial charge >= 0.3 is 5.97 Å². The third-order valence-electron chi connectivity index (χ3n) is 3.89. The molecule has 0 bridgehead atoms. The minimum Gasteiger partial charge on any atom is -0.478 e. The molecule has 0 radical (unpaired) electrons. The molecule has 9 nitrogen and oxygen atoms in total. The van der Waals surface area contributed by atoms with Crippen LogP contribution in [0.2, 0.25) is 0 Å². The number of amides is 1. The van der Waals surface area contributed by atoms with Crippen molar-refractivity contribution in [3.63, 3.8) is 0 Å². The fourth-order valence-electron chi connectivity index (χ4n) is 2.56. The molecular formula is C18H15ClF2N4O5. The molecule has 0 aliphatic carbocycles. The molecule has 0 saturated carbocycles. The third kappa shape index (κ3) is 4.53. The van der Waals surface area contributed by atoms with E-state index < -0.39 is 29.1 Å². The lowest BCUT2D eigenvalue weighted by Crippen LogP contribution is -2.26. The number of anilines is 1. The van der Waals surface area contributed by atoms with Crippen LogP contribution in [0, 0.1) is 11.6 Å². The van der Waals surface area contributed by atoms with Gasteiger partial charge < -0.3 is 25.9 Å². The number of benzene rings is 2. The number of carboxylic acids is 1. The number of hydrogen-bond donors (Lipinski definition) is 4. The molecule has 0 fully saturated rings. The van der Waals surface area contributed by atoms with Crippen molar-refractivity contribution in [2.24, 2.45) is 5.73 Å². The summed E-state index contributed by atoms with van der Waals surface area (Å²) >= 11 is 0. The van der Waals surface area contributed by atoms with Gasteiger partial charge in [-0.25, -0.2) is 14.2 Å². The summed E-state index contributed by atoms with van der Waals surface area (Å²) in [6.45, 7) is -0.461. The Morgan fingerprint density at radius 3 is 2.60 bits per heavy atom. The zero-order valence-corrected chi connectivity index (χ0v) is 15.9. The van der Waals surface area contributed by atoms with E-state index in [9.17, 15) is 23.2 Å². The van der Waals surface area contributed by atoms with Crippen LogP contribution in [0.3, 0.4) is 0 Å². The molecule has 1 aliphatic heterocycles. The second-order valence-corrected chi connectivity index (χ2v) is 5.82. The SMILES string of the molecule is Cl.NCc1cc2c(c(F)c1F)OCC(=O)N2.O=C(O)c1nc2ccccc2c(=O)[nH]1. The van der Waals surface area contributed by atoms with Crippen LogP contribution in [0.5, 0.6) is 5.75 Å². The molecule has 2 aromatic carbocycles. The number of carbonyl (C=O) groups excluding carboxylic acids is 1. The lowest BCUT2D eigenvalue weighted by atomic mass is 10.1. The molecule has 0 spiro atoms. The Kier molecular flexibility index (Phi) is 7.03. The number of halogens is 3. The average molecular weight is 441 g/mol. The van der Waals surface area contributed by atoms with Gasteiger partial charge in [0.1, 0.15) is 0 Å². The van der Waals surface area contributed by atoms with Crippen LogP contribution in [-0.4, -0.2) is 33.6 Å². The second-order valence-electron chi connectivity index (χ2n) is 5.82. The quantitative estimate of drug-likeness (QED) is 0.475. The number of aromatic nitrogens is 2. The molecule has 2 heterocycles. The molecule has 3 aromatic rings. The third-order valence-corrected chi connectivity index (χ3v) is 3.89. The van der Waals surface area contributed by atoms with Crippen molar-refractivity contribution in [2.45, 2.75) is 6.54 Å². The number of hydrogen-bond acceptors (Lipinski definition) is 6. The number of rotatable bonds is 2. The van der Waals surface area contributed by atoms with Gasteiger partial charge in [-0.3, -0.25) is 9.59 Å². The summed E-state index contributed by atoms with van der Waals surface area (Å²) in [5, 5.41) is 11.4. The van der Waals surface area contributed by atoms with E-state index in [2.05, 4.69) is 15.3 Å². The highest BCUT2D eigenvalue weighted by Crippen LogP contribution is 2.34. The summed E-state index contributed by atoms with van der Waals surface area (Å²) in [4.78, 5) is 38.8. The Labute approximate surface area is 173 Å². The van der Waals surface area contributed by atoms with E-state index in [1.54, 1.807) is 24.3 Å². The number of nitrogens with two attached hydrogens (primary N) is 1. The number of para-hydroxylation sites is 1. The van der Waals surface area contributed by atoms with Crippen LogP contribution in [0.1, 0.15) is 16.2 Å². The molecule has 0 unspecified atom stereocenters. The van der Waals surface area contributed by atoms with Gasteiger partial charge in [-0.15, -0.1) is 12.4 Å². The summed E-state index contributed by atoms with van der Waals surface area (Å²) in [6, 6.07) is 7.84. The van der Waals surface area contributed by atoms with Crippen LogP contribution in [-0.2, 0) is 11.3 Å². The molecule has 1 aromatic heterocycles. The molecule has 0 atom stereocenters. The van der Waals surface area contributed by atoms with E-state index in [4.69, 9.17) is 15.6 Å². The van der Waals surface area contributed by atoms with Gasteiger partial charge in [0.05, 0.1) is 16.6 Å². The highest BCUT2D eigenvalue weighted by atomic mass is 35.5. The van der Waals surface area contributed by atoms with Gasteiger partial charge in [-0.05, 0) is 18.2 Å². The summed E-state index contributed by atoms with van der Waals surface area (Å²) in [7, 11) is 0. The van der Waals surface area contributed by atoms with Gasteiger partial charge in [-0.2, -0.15) is 4.39 Å². The first-order valence-electron chi connectivity index (χ1n) is 8.17. The number of H-pyrrole nitrogens is 1. The highest BCUT2D eigenvalue weighted by molar-refractivity contribution is 5.95. The molecule has 12 heteroatoms. The predicted octanol–water partition coefficient (Wildman–Crippen LogP) is 1.80. The normalized spacial score (nSPS) is 11.9. The summed E-state index contributed by atoms with van der Waals surface area (Å²) in [5.41, 5.74) is 5.29. The van der Waals surface area contributed by atoms with E-state index >= 15 is 0 Å². The number of fused-ring (bicyclic) bond motifs is 2. The van der Waals surface area contributed by atoms with Crippen molar-refractivity contribution in [3.05, 3.63) is 63.7 Å². The maximum absolute atomic E-state index is 13.4. The molecule has 4 rings (SSSR count). The molecule has 30 heavy (non-hydrogen) atoms. The lowest BCUT2D eigenvalue weighted by molar-refractivity contribution is -0.118. The van der Waals surface area contributed by atoms with Gasteiger partial charge in [-0.1, -0.05) is 12.1 Å². The number of ether oxygens (including phenoxy) is 1. The maximum atomic E-state index is 13.4. The number of nitrogens with zero attached hydrogens (tertiary/aromatic N) is 1. The van der Waals surface area contributed by atoms with E-state index in [-0.39, 0.29) is 48.4 Å². The van der Waals surface area contributed by atoms with Crippen LogP contribution >= 0.6 is 12.4 Å². The Hall–Kier alpha value is -3.57.